The zero-order valence-electron chi connectivity index (χ0n) is 10.3. The first-order chi connectivity index (χ1) is 9.09. The predicted molar refractivity (Wildman–Crippen MR) is 71.9 cm³/mol. The molecule has 0 saturated carbocycles. The van der Waals surface area contributed by atoms with Gasteiger partial charge >= 0.3 is 5.97 Å². The van der Waals surface area contributed by atoms with Gasteiger partial charge in [-0.25, -0.2) is 4.79 Å². The van der Waals surface area contributed by atoms with Crippen molar-refractivity contribution in [2.45, 2.75) is 25.4 Å². The van der Waals surface area contributed by atoms with Gasteiger partial charge in [-0.1, -0.05) is 17.7 Å². The van der Waals surface area contributed by atoms with E-state index in [4.69, 9.17) is 22.1 Å². The minimum atomic E-state index is -0.757. The Balaban J connectivity index is 2.12. The van der Waals surface area contributed by atoms with Gasteiger partial charge in [-0.2, -0.15) is 0 Å². The summed E-state index contributed by atoms with van der Waals surface area (Å²) >= 11 is 5.95. The van der Waals surface area contributed by atoms with Gasteiger partial charge in [0.1, 0.15) is 0 Å². The first kappa shape index (κ1) is 13.7. The second kappa shape index (κ2) is 5.93. The van der Waals surface area contributed by atoms with E-state index in [9.17, 15) is 9.59 Å². The molecule has 19 heavy (non-hydrogen) atoms. The minimum Gasteiger partial charge on any atom is -0.449 e. The fourth-order valence-electron chi connectivity index (χ4n) is 1.92. The van der Waals surface area contributed by atoms with E-state index < -0.39 is 12.1 Å². The molecule has 0 spiro atoms. The Morgan fingerprint density at radius 2 is 2.21 bits per heavy atom. The molecule has 1 amide bonds. The Morgan fingerprint density at radius 3 is 3.00 bits per heavy atom. The van der Waals surface area contributed by atoms with E-state index >= 15 is 0 Å². The fraction of sp³-hybridized carbons (Fsp3) is 0.385. The Bertz CT molecular complexity index is 505. The van der Waals surface area contributed by atoms with E-state index in [1.807, 2.05) is 0 Å². The molecule has 2 rings (SSSR count). The molecule has 0 bridgehead atoms. The maximum absolute atomic E-state index is 12.0. The van der Waals surface area contributed by atoms with Crippen LogP contribution in [-0.4, -0.2) is 24.5 Å². The number of amides is 1. The molecule has 1 heterocycles. The topological polar surface area (TPSA) is 81.4 Å². The Hall–Kier alpha value is -1.75. The van der Waals surface area contributed by atoms with Crippen LogP contribution < -0.4 is 11.1 Å². The van der Waals surface area contributed by atoms with Gasteiger partial charge in [-0.3, -0.25) is 4.79 Å². The summed E-state index contributed by atoms with van der Waals surface area (Å²) in [4.78, 5) is 23.7. The summed E-state index contributed by atoms with van der Waals surface area (Å²) in [6, 6.07) is 4.73. The van der Waals surface area contributed by atoms with Crippen molar-refractivity contribution in [2.75, 3.05) is 12.3 Å². The van der Waals surface area contributed by atoms with Crippen molar-refractivity contribution >= 4 is 29.2 Å². The first-order valence-corrected chi connectivity index (χ1v) is 6.50. The quantitative estimate of drug-likeness (QED) is 0.639. The molecule has 1 aromatic carbocycles. The van der Waals surface area contributed by atoms with Crippen LogP contribution in [0.1, 0.15) is 29.6 Å². The van der Waals surface area contributed by atoms with Gasteiger partial charge in [0.2, 0.25) is 0 Å². The van der Waals surface area contributed by atoms with Crippen LogP contribution in [0.15, 0.2) is 18.2 Å². The number of hydrogen-bond donors (Lipinski definition) is 2. The van der Waals surface area contributed by atoms with Crippen LogP contribution in [0.5, 0.6) is 0 Å². The van der Waals surface area contributed by atoms with E-state index in [1.165, 1.54) is 6.07 Å². The number of anilines is 1. The zero-order chi connectivity index (χ0) is 13.8. The molecule has 1 aromatic rings. The lowest BCUT2D eigenvalue weighted by Crippen LogP contribution is -2.36. The molecule has 6 heteroatoms. The second-order valence-corrected chi connectivity index (χ2v) is 4.77. The molecule has 0 radical (unpaired) electrons. The summed E-state index contributed by atoms with van der Waals surface area (Å²) in [6.07, 6.45) is 1.49. The number of nitrogen functional groups attached to an aromatic ring is 1. The molecule has 5 nitrogen and oxygen atoms in total. The second-order valence-electron chi connectivity index (χ2n) is 4.39. The summed E-state index contributed by atoms with van der Waals surface area (Å²) in [6.45, 7) is 0.617. The summed E-state index contributed by atoms with van der Waals surface area (Å²) < 4.78 is 5.21. The number of hydrogen-bond acceptors (Lipinski definition) is 4. The van der Waals surface area contributed by atoms with Gasteiger partial charge in [0.05, 0.1) is 16.3 Å². The number of esters is 1. The highest BCUT2D eigenvalue weighted by molar-refractivity contribution is 6.36. The summed E-state index contributed by atoms with van der Waals surface area (Å²) in [5.41, 5.74) is 6.11. The van der Waals surface area contributed by atoms with Crippen LogP contribution in [0, 0.1) is 0 Å². The lowest BCUT2D eigenvalue weighted by Gasteiger charge is -2.15. The molecule has 0 aliphatic carbocycles. The van der Waals surface area contributed by atoms with Gasteiger partial charge in [-0.05, 0) is 31.4 Å². The van der Waals surface area contributed by atoms with Crippen molar-refractivity contribution in [1.82, 2.24) is 5.32 Å². The maximum Gasteiger partial charge on any atom is 0.340 e. The van der Waals surface area contributed by atoms with E-state index in [0.717, 1.165) is 12.8 Å². The summed E-state index contributed by atoms with van der Waals surface area (Å²) in [5, 5.41) is 2.86. The van der Waals surface area contributed by atoms with Crippen molar-refractivity contribution in [3.8, 4) is 0 Å². The monoisotopic (exact) mass is 282 g/mol. The Labute approximate surface area is 116 Å². The van der Waals surface area contributed by atoms with E-state index in [0.29, 0.717) is 18.7 Å². The third kappa shape index (κ3) is 3.17. The molecular weight excluding hydrogens is 268 g/mol. The van der Waals surface area contributed by atoms with E-state index in [2.05, 4.69) is 5.32 Å². The smallest absolute Gasteiger partial charge is 0.340 e. The van der Waals surface area contributed by atoms with Gasteiger partial charge < -0.3 is 15.8 Å². The maximum atomic E-state index is 12.0. The average Bonchev–Trinajstić information content (AvgIpc) is 2.58. The SMILES string of the molecule is Nc1cccc(C(=O)OC2CCCCNC2=O)c1Cl. The van der Waals surface area contributed by atoms with Crippen molar-refractivity contribution < 1.29 is 14.3 Å². The zero-order valence-corrected chi connectivity index (χ0v) is 11.1. The van der Waals surface area contributed by atoms with Crippen LogP contribution in [0.25, 0.3) is 0 Å². The number of nitrogens with two attached hydrogens (primary N) is 1. The molecule has 1 aliphatic rings. The highest BCUT2D eigenvalue weighted by Gasteiger charge is 2.26. The van der Waals surface area contributed by atoms with Crippen molar-refractivity contribution in [1.29, 1.82) is 0 Å². The van der Waals surface area contributed by atoms with Crippen LogP contribution in [0.2, 0.25) is 5.02 Å². The van der Waals surface area contributed by atoms with Gasteiger partial charge in [0, 0.05) is 6.54 Å². The van der Waals surface area contributed by atoms with Crippen LogP contribution >= 0.6 is 11.6 Å². The molecule has 1 atom stereocenters. The van der Waals surface area contributed by atoms with Crippen LogP contribution in [0.3, 0.4) is 0 Å². The normalized spacial score (nSPS) is 19.4. The lowest BCUT2D eigenvalue weighted by molar-refractivity contribution is -0.129. The van der Waals surface area contributed by atoms with Crippen LogP contribution in [0.4, 0.5) is 5.69 Å². The number of carbonyl (C=O) groups excluding carboxylic acids is 2. The lowest BCUT2D eigenvalue weighted by atomic mass is 10.1. The molecular formula is C13H15ClN2O3. The molecule has 1 fully saturated rings. The third-order valence-corrected chi connectivity index (χ3v) is 3.40. The van der Waals surface area contributed by atoms with Gasteiger partial charge in [0.15, 0.2) is 6.10 Å². The number of benzene rings is 1. The highest BCUT2D eigenvalue weighted by Crippen LogP contribution is 2.24. The highest BCUT2D eigenvalue weighted by atomic mass is 35.5. The molecule has 102 valence electrons. The van der Waals surface area contributed by atoms with Crippen LogP contribution in [-0.2, 0) is 9.53 Å². The number of ether oxygens (including phenoxy) is 1. The number of carbonyl (C=O) groups is 2. The Kier molecular flexibility index (Phi) is 4.27. The number of nitrogens with one attached hydrogen (secondary N) is 1. The first-order valence-electron chi connectivity index (χ1n) is 6.12. The van der Waals surface area contributed by atoms with Gasteiger partial charge in [0.25, 0.3) is 5.91 Å². The van der Waals surface area contributed by atoms with Crippen molar-refractivity contribution in [2.24, 2.45) is 0 Å². The van der Waals surface area contributed by atoms with Gasteiger partial charge in [-0.15, -0.1) is 0 Å². The number of halogens is 1. The third-order valence-electron chi connectivity index (χ3n) is 2.98. The molecule has 0 aromatic heterocycles. The minimum absolute atomic E-state index is 0.154. The fourth-order valence-corrected chi connectivity index (χ4v) is 2.13. The Morgan fingerprint density at radius 1 is 1.42 bits per heavy atom. The largest absolute Gasteiger partial charge is 0.449 e. The van der Waals surface area contributed by atoms with E-state index in [-0.39, 0.29) is 16.5 Å². The average molecular weight is 283 g/mol. The molecule has 3 N–H and O–H groups in total. The molecule has 1 unspecified atom stereocenters. The summed E-state index contributed by atoms with van der Waals surface area (Å²) in [5.74, 6) is -0.884. The van der Waals surface area contributed by atoms with Crippen molar-refractivity contribution in [3.63, 3.8) is 0 Å². The summed E-state index contributed by atoms with van der Waals surface area (Å²) in [7, 11) is 0. The van der Waals surface area contributed by atoms with E-state index in [1.54, 1.807) is 12.1 Å². The molecule has 1 saturated heterocycles. The predicted octanol–water partition coefficient (Wildman–Crippen LogP) is 1.75. The number of rotatable bonds is 2. The van der Waals surface area contributed by atoms with Crippen molar-refractivity contribution in [3.05, 3.63) is 28.8 Å². The molecule has 1 aliphatic heterocycles. The standard InChI is InChI=1S/C13H15ClN2O3/c14-11-8(4-3-5-9(11)15)13(18)19-10-6-1-2-7-16-12(10)17/h3-5,10H,1-2,6-7,15H2,(H,16,17).